The first-order valence-electron chi connectivity index (χ1n) is 14.8. The number of aromatic hydroxyl groups is 1. The molecule has 6 atom stereocenters. The fourth-order valence-corrected chi connectivity index (χ4v) is 4.82. The van der Waals surface area contributed by atoms with Crippen molar-refractivity contribution in [3.8, 4) is 5.75 Å². The van der Waals surface area contributed by atoms with Gasteiger partial charge in [-0.1, -0.05) is 72.8 Å². The smallest absolute Gasteiger partial charge is 0.243 e. The third kappa shape index (κ3) is 8.17. The first-order chi connectivity index (χ1) is 21.0. The van der Waals surface area contributed by atoms with Crippen LogP contribution in [-0.4, -0.2) is 64.3 Å². The van der Waals surface area contributed by atoms with Crippen LogP contribution < -0.4 is 22.1 Å². The van der Waals surface area contributed by atoms with Crippen molar-refractivity contribution in [1.29, 1.82) is 0 Å². The molecule has 7 N–H and O–H groups in total. The van der Waals surface area contributed by atoms with Crippen molar-refractivity contribution in [1.82, 2.24) is 15.5 Å². The SMILES string of the molecule is [3H]C1CN(C(=O)[C@@H](N)Cc2ccc(O)cc2)[C@H](C(=O)N[C@@H](Cc2ccccc2)C(=O)N[C@@H](Cc2ccccc2)C(N)=O)C1[3H]. The number of phenols is 1. The highest BCUT2D eigenvalue weighted by Gasteiger charge is 2.38. The topological polar surface area (TPSA) is 168 Å². The maximum Gasteiger partial charge on any atom is 0.243 e. The van der Waals surface area contributed by atoms with Crippen molar-refractivity contribution < 1.29 is 27.0 Å². The fourth-order valence-electron chi connectivity index (χ4n) is 4.82. The number of nitrogens with two attached hydrogens (primary N) is 2. The highest BCUT2D eigenvalue weighted by atomic mass is 16.3. The Balaban J connectivity index is 1.52. The van der Waals surface area contributed by atoms with Crippen molar-refractivity contribution in [3.05, 3.63) is 102 Å². The number of likely N-dealkylation sites (tertiary alicyclic amines) is 1. The highest BCUT2D eigenvalue weighted by molar-refractivity contribution is 5.95. The van der Waals surface area contributed by atoms with Gasteiger partial charge in [0.15, 0.2) is 0 Å². The van der Waals surface area contributed by atoms with Gasteiger partial charge in [0.2, 0.25) is 23.6 Å². The van der Waals surface area contributed by atoms with E-state index in [0.717, 1.165) is 16.0 Å². The van der Waals surface area contributed by atoms with E-state index >= 15 is 0 Å². The second-order valence-corrected chi connectivity index (χ2v) is 10.2. The molecule has 4 rings (SSSR count). The monoisotopic (exact) mass is 575 g/mol. The van der Waals surface area contributed by atoms with E-state index in [4.69, 9.17) is 14.2 Å². The summed E-state index contributed by atoms with van der Waals surface area (Å²) < 4.78 is 16.8. The summed E-state index contributed by atoms with van der Waals surface area (Å²) >= 11 is 0. The van der Waals surface area contributed by atoms with Gasteiger partial charge in [0.25, 0.3) is 0 Å². The van der Waals surface area contributed by atoms with Crippen LogP contribution in [0.5, 0.6) is 5.75 Å². The maximum absolute atomic E-state index is 13.7. The standard InChI is InChI=1S/C32H37N5O5/c33-25(18-23-13-15-24(38)16-14-23)32(42)37-17-7-12-28(37)31(41)36-27(20-22-10-5-2-6-11-22)30(40)35-26(29(34)39)19-21-8-3-1-4-9-21/h1-6,8-11,13-16,25-28,38H,7,12,17-20,33H2,(H2,34,39)(H,35,40)(H,36,41)/t25-,26-,27-,28-/m0/s1/i7T,12T/t7?,12?,25-,26-,27-,28-. The summed E-state index contributed by atoms with van der Waals surface area (Å²) in [5, 5.41) is 14.9. The van der Waals surface area contributed by atoms with Gasteiger partial charge in [0, 0.05) is 22.1 Å². The highest BCUT2D eigenvalue weighted by Crippen LogP contribution is 2.20. The molecule has 3 aromatic rings. The van der Waals surface area contributed by atoms with Gasteiger partial charge in [-0.15, -0.1) is 0 Å². The van der Waals surface area contributed by atoms with Crippen LogP contribution in [0.15, 0.2) is 84.9 Å². The van der Waals surface area contributed by atoms with Gasteiger partial charge in [-0.2, -0.15) is 0 Å². The Morgan fingerprint density at radius 2 is 1.38 bits per heavy atom. The minimum Gasteiger partial charge on any atom is -0.508 e. The third-order valence-electron chi connectivity index (χ3n) is 7.08. The zero-order valence-electron chi connectivity index (χ0n) is 25.1. The maximum atomic E-state index is 13.7. The summed E-state index contributed by atoms with van der Waals surface area (Å²) in [4.78, 5) is 54.1. The van der Waals surface area contributed by atoms with Crippen LogP contribution in [0.3, 0.4) is 0 Å². The first-order valence-corrected chi connectivity index (χ1v) is 13.7. The molecule has 2 unspecified atom stereocenters. The second kappa shape index (κ2) is 14.3. The van der Waals surface area contributed by atoms with E-state index < -0.39 is 60.6 Å². The molecule has 42 heavy (non-hydrogen) atoms. The number of benzene rings is 3. The van der Waals surface area contributed by atoms with Gasteiger partial charge in [-0.05, 0) is 48.0 Å². The molecule has 3 aromatic carbocycles. The van der Waals surface area contributed by atoms with Crippen LogP contribution in [0.1, 0.15) is 32.2 Å². The number of nitrogens with one attached hydrogen (secondary N) is 2. The average Bonchev–Trinajstić information content (AvgIpc) is 3.31. The number of amides is 4. The van der Waals surface area contributed by atoms with Crippen LogP contribution in [0.4, 0.5) is 0 Å². The van der Waals surface area contributed by atoms with Gasteiger partial charge in [0.05, 0.1) is 6.04 Å². The van der Waals surface area contributed by atoms with E-state index in [1.54, 1.807) is 60.7 Å². The number of carbonyl (C=O) groups is 4. The van der Waals surface area contributed by atoms with Crippen LogP contribution in [0, 0.1) is 0 Å². The zero-order chi connectivity index (χ0) is 31.8. The molecule has 1 aliphatic rings. The molecule has 1 saturated heterocycles. The van der Waals surface area contributed by atoms with Crippen LogP contribution >= 0.6 is 0 Å². The molecule has 10 nitrogen and oxygen atoms in total. The van der Waals surface area contributed by atoms with Crippen LogP contribution in [-0.2, 0) is 38.4 Å². The summed E-state index contributed by atoms with van der Waals surface area (Å²) in [5.41, 5.74) is 14.0. The Kier molecular flexibility index (Phi) is 9.33. The predicted octanol–water partition coefficient (Wildman–Crippen LogP) is 1.19. The number of rotatable bonds is 12. The van der Waals surface area contributed by atoms with E-state index in [-0.39, 0.29) is 31.6 Å². The fraction of sp³-hybridized carbons (Fsp3) is 0.312. The minimum absolute atomic E-state index is 0.0588. The van der Waals surface area contributed by atoms with Crippen molar-refractivity contribution >= 4 is 23.6 Å². The molecule has 0 saturated carbocycles. The molecule has 1 heterocycles. The number of primary amides is 1. The lowest BCUT2D eigenvalue weighted by Gasteiger charge is -2.29. The van der Waals surface area contributed by atoms with Gasteiger partial charge in [-0.3, -0.25) is 19.2 Å². The zero-order valence-corrected chi connectivity index (χ0v) is 23.1. The predicted molar refractivity (Wildman–Crippen MR) is 158 cm³/mol. The Morgan fingerprint density at radius 1 is 0.833 bits per heavy atom. The van der Waals surface area contributed by atoms with Crippen molar-refractivity contribution in [2.24, 2.45) is 11.5 Å². The van der Waals surface area contributed by atoms with Crippen LogP contribution in [0.25, 0.3) is 0 Å². The van der Waals surface area contributed by atoms with Gasteiger partial charge in [0.1, 0.15) is 23.9 Å². The number of nitrogens with zero attached hydrogens (tertiary/aromatic N) is 1. The van der Waals surface area contributed by atoms with E-state index in [9.17, 15) is 24.3 Å². The quantitative estimate of drug-likeness (QED) is 0.217. The van der Waals surface area contributed by atoms with Gasteiger partial charge < -0.3 is 32.1 Å². The number of carbonyl (C=O) groups excluding carboxylic acids is 4. The number of hydrogen-bond acceptors (Lipinski definition) is 6. The van der Waals surface area contributed by atoms with Crippen LogP contribution in [0.2, 0.25) is 0 Å². The van der Waals surface area contributed by atoms with Gasteiger partial charge in [-0.25, -0.2) is 0 Å². The van der Waals surface area contributed by atoms with E-state index in [1.807, 2.05) is 12.1 Å². The molecule has 4 amide bonds. The minimum atomic E-state index is -1.36. The Bertz CT molecular complexity index is 1440. The molecule has 10 heteroatoms. The largest absolute Gasteiger partial charge is 0.508 e. The summed E-state index contributed by atoms with van der Waals surface area (Å²) in [6.07, 6.45) is -2.03. The van der Waals surface area contributed by atoms with E-state index in [2.05, 4.69) is 10.6 Å². The Morgan fingerprint density at radius 3 is 1.95 bits per heavy atom. The van der Waals surface area contributed by atoms with E-state index in [1.165, 1.54) is 12.1 Å². The molecule has 1 fully saturated rings. The first kappa shape index (κ1) is 27.5. The third-order valence-corrected chi connectivity index (χ3v) is 7.08. The second-order valence-electron chi connectivity index (χ2n) is 10.2. The Labute approximate surface area is 247 Å². The lowest BCUT2D eigenvalue weighted by Crippen LogP contribution is -2.58. The molecular weight excluding hydrogens is 534 g/mol. The van der Waals surface area contributed by atoms with Crippen molar-refractivity contribution in [2.75, 3.05) is 6.54 Å². The van der Waals surface area contributed by atoms with Gasteiger partial charge >= 0.3 is 0 Å². The molecule has 1 aliphatic heterocycles. The molecule has 0 aromatic heterocycles. The molecule has 0 aliphatic carbocycles. The van der Waals surface area contributed by atoms with E-state index in [0.29, 0.717) is 5.56 Å². The Hall–Kier alpha value is -4.70. The molecule has 0 bridgehead atoms. The lowest BCUT2D eigenvalue weighted by molar-refractivity contribution is -0.140. The summed E-state index contributed by atoms with van der Waals surface area (Å²) in [6.45, 7) is -0.176. The average molecular weight is 576 g/mol. The normalized spacial score (nSPS) is 20.9. The van der Waals surface area contributed by atoms with Crippen molar-refractivity contribution in [3.63, 3.8) is 0 Å². The molecule has 220 valence electrons. The molecule has 0 radical (unpaired) electrons. The summed E-state index contributed by atoms with van der Waals surface area (Å²) in [5.74, 6) is -2.72. The molecular formula is C32H37N5O5. The summed E-state index contributed by atoms with van der Waals surface area (Å²) in [6, 6.07) is 19.5. The number of hydrogen-bond donors (Lipinski definition) is 5. The lowest BCUT2D eigenvalue weighted by atomic mass is 10.0. The molecule has 0 spiro atoms. The van der Waals surface area contributed by atoms with Crippen molar-refractivity contribution in [2.45, 2.75) is 56.2 Å². The summed E-state index contributed by atoms with van der Waals surface area (Å²) in [7, 11) is 0. The number of phenolic OH excluding ortho intramolecular Hbond substituents is 1.